The molecule has 0 atom stereocenters. The third kappa shape index (κ3) is 4.49. The van der Waals surface area contributed by atoms with E-state index in [4.69, 9.17) is 19.4 Å². The van der Waals surface area contributed by atoms with Gasteiger partial charge in [0.1, 0.15) is 11.2 Å². The highest BCUT2D eigenvalue weighted by molar-refractivity contribution is 6.15. The van der Waals surface area contributed by atoms with Crippen LogP contribution in [0, 0.1) is 0 Å². The van der Waals surface area contributed by atoms with Gasteiger partial charge in [-0.1, -0.05) is 140 Å². The fourth-order valence-corrected chi connectivity index (χ4v) is 7.22. The van der Waals surface area contributed by atoms with Gasteiger partial charge in [-0.25, -0.2) is 15.0 Å². The van der Waals surface area contributed by atoms with E-state index in [0.29, 0.717) is 17.5 Å². The highest BCUT2D eigenvalue weighted by atomic mass is 16.3. The predicted molar refractivity (Wildman–Crippen MR) is 201 cm³/mol. The van der Waals surface area contributed by atoms with Crippen LogP contribution in [0.15, 0.2) is 168 Å². The van der Waals surface area contributed by atoms with Crippen LogP contribution in [0.3, 0.4) is 0 Å². The van der Waals surface area contributed by atoms with Crippen molar-refractivity contribution >= 4 is 54.3 Å². The molecule has 0 aliphatic carbocycles. The summed E-state index contributed by atoms with van der Waals surface area (Å²) in [4.78, 5) is 15.6. The number of aromatic nitrogens is 3. The Labute approximate surface area is 282 Å². The number of rotatable bonds is 4. The lowest BCUT2D eigenvalue weighted by Crippen LogP contribution is -2.01. The molecule has 10 rings (SSSR count). The van der Waals surface area contributed by atoms with Gasteiger partial charge in [-0.05, 0) is 67.7 Å². The average Bonchev–Trinajstić information content (AvgIpc) is 3.56. The first kappa shape index (κ1) is 27.5. The van der Waals surface area contributed by atoms with Crippen LogP contribution in [0.25, 0.3) is 99.5 Å². The summed E-state index contributed by atoms with van der Waals surface area (Å²) in [5.74, 6) is 1.86. The maximum Gasteiger partial charge on any atom is 0.164 e. The SMILES string of the molecule is c1ccc(-c2cc3ccc(-c4nc(-c5cccc6ccccc56)nc(-c5cccc6oc7ccccc7c56)n4)cc3c3ccccc23)cc1. The lowest BCUT2D eigenvalue weighted by molar-refractivity contribution is 0.669. The van der Waals surface area contributed by atoms with Crippen molar-refractivity contribution in [3.8, 4) is 45.3 Å². The summed E-state index contributed by atoms with van der Waals surface area (Å²) in [5.41, 5.74) is 6.87. The average molecular weight is 626 g/mol. The summed E-state index contributed by atoms with van der Waals surface area (Å²) < 4.78 is 6.26. The van der Waals surface area contributed by atoms with E-state index in [2.05, 4.69) is 133 Å². The molecule has 0 N–H and O–H groups in total. The Bertz CT molecular complexity index is 2890. The van der Waals surface area contributed by atoms with E-state index in [-0.39, 0.29) is 0 Å². The minimum absolute atomic E-state index is 0.606. The molecule has 2 aromatic heterocycles. The van der Waals surface area contributed by atoms with Gasteiger partial charge in [0.2, 0.25) is 0 Å². The second-order valence-electron chi connectivity index (χ2n) is 12.4. The molecular formula is C45H27N3O. The molecule has 0 saturated heterocycles. The number of para-hydroxylation sites is 1. The molecule has 0 fully saturated rings. The topological polar surface area (TPSA) is 51.8 Å². The van der Waals surface area contributed by atoms with Gasteiger partial charge >= 0.3 is 0 Å². The summed E-state index contributed by atoms with van der Waals surface area (Å²) in [7, 11) is 0. The standard InChI is InChI=1S/C45H27N3O/c1-2-12-29(13-3-1)38-26-30-24-25-31(27-39(30)34-18-7-6-17-33(34)38)43-46-44(35-20-10-15-28-14-4-5-16-32(28)35)48-45(47-43)37-21-11-23-41-42(37)36-19-8-9-22-40(36)49-41/h1-27H. The molecule has 0 radical (unpaired) electrons. The second kappa shape index (κ2) is 11.0. The van der Waals surface area contributed by atoms with Crippen molar-refractivity contribution in [1.82, 2.24) is 15.0 Å². The van der Waals surface area contributed by atoms with Gasteiger partial charge < -0.3 is 4.42 Å². The largest absolute Gasteiger partial charge is 0.456 e. The number of fused-ring (bicyclic) bond motifs is 7. The Hall–Kier alpha value is -6.65. The summed E-state index contributed by atoms with van der Waals surface area (Å²) in [6.07, 6.45) is 0. The third-order valence-corrected chi connectivity index (χ3v) is 9.51. The van der Waals surface area contributed by atoms with Gasteiger partial charge in [0.25, 0.3) is 0 Å². The van der Waals surface area contributed by atoms with Gasteiger partial charge in [0.05, 0.1) is 0 Å². The molecule has 4 nitrogen and oxygen atoms in total. The van der Waals surface area contributed by atoms with E-state index >= 15 is 0 Å². The summed E-state index contributed by atoms with van der Waals surface area (Å²) >= 11 is 0. The van der Waals surface area contributed by atoms with Crippen LogP contribution >= 0.6 is 0 Å². The Morgan fingerprint density at radius 2 is 0.959 bits per heavy atom. The number of furan rings is 1. The van der Waals surface area contributed by atoms with Crippen molar-refractivity contribution in [2.45, 2.75) is 0 Å². The maximum absolute atomic E-state index is 6.26. The molecule has 0 aliphatic heterocycles. The zero-order valence-electron chi connectivity index (χ0n) is 26.3. The van der Waals surface area contributed by atoms with E-state index in [0.717, 1.165) is 54.8 Å². The van der Waals surface area contributed by atoms with Gasteiger partial charge in [0, 0.05) is 27.5 Å². The highest BCUT2D eigenvalue weighted by Gasteiger charge is 2.19. The number of benzene rings is 8. The summed E-state index contributed by atoms with van der Waals surface area (Å²) in [5, 5.41) is 8.99. The van der Waals surface area contributed by atoms with E-state index < -0.39 is 0 Å². The molecule has 10 aromatic rings. The molecule has 0 bridgehead atoms. The first-order chi connectivity index (χ1) is 24.3. The minimum Gasteiger partial charge on any atom is -0.456 e. The van der Waals surface area contributed by atoms with Crippen molar-refractivity contribution in [3.05, 3.63) is 164 Å². The van der Waals surface area contributed by atoms with Crippen LogP contribution < -0.4 is 0 Å². The van der Waals surface area contributed by atoms with Crippen LogP contribution in [-0.2, 0) is 0 Å². The fraction of sp³-hybridized carbons (Fsp3) is 0. The maximum atomic E-state index is 6.26. The quantitative estimate of drug-likeness (QED) is 0.183. The van der Waals surface area contributed by atoms with Crippen molar-refractivity contribution in [3.63, 3.8) is 0 Å². The summed E-state index contributed by atoms with van der Waals surface area (Å²) in [6, 6.07) is 57.0. The van der Waals surface area contributed by atoms with Crippen LogP contribution in [-0.4, -0.2) is 15.0 Å². The van der Waals surface area contributed by atoms with Crippen molar-refractivity contribution in [1.29, 1.82) is 0 Å². The first-order valence-corrected chi connectivity index (χ1v) is 16.4. The molecule has 4 heteroatoms. The van der Waals surface area contributed by atoms with Gasteiger partial charge in [0.15, 0.2) is 17.5 Å². The third-order valence-electron chi connectivity index (χ3n) is 9.51. The predicted octanol–water partition coefficient (Wildman–Crippen LogP) is 11.9. The van der Waals surface area contributed by atoms with Crippen LogP contribution in [0.5, 0.6) is 0 Å². The van der Waals surface area contributed by atoms with Crippen LogP contribution in [0.4, 0.5) is 0 Å². The van der Waals surface area contributed by atoms with E-state index in [1.807, 2.05) is 30.3 Å². The smallest absolute Gasteiger partial charge is 0.164 e. The summed E-state index contributed by atoms with van der Waals surface area (Å²) in [6.45, 7) is 0. The van der Waals surface area contributed by atoms with Crippen LogP contribution in [0.1, 0.15) is 0 Å². The molecule has 0 unspecified atom stereocenters. The number of hydrogen-bond acceptors (Lipinski definition) is 4. The molecule has 0 aliphatic rings. The normalized spacial score (nSPS) is 11.7. The molecule has 0 amide bonds. The minimum atomic E-state index is 0.606. The fourth-order valence-electron chi connectivity index (χ4n) is 7.22. The van der Waals surface area contributed by atoms with Gasteiger partial charge in [-0.15, -0.1) is 0 Å². The number of hydrogen-bond donors (Lipinski definition) is 0. The molecule has 0 saturated carbocycles. The molecule has 0 spiro atoms. The monoisotopic (exact) mass is 625 g/mol. The first-order valence-electron chi connectivity index (χ1n) is 16.4. The van der Waals surface area contributed by atoms with Crippen molar-refractivity contribution in [2.75, 3.05) is 0 Å². The van der Waals surface area contributed by atoms with Crippen LogP contribution in [0.2, 0.25) is 0 Å². The molecule has 2 heterocycles. The van der Waals surface area contributed by atoms with Crippen molar-refractivity contribution in [2.24, 2.45) is 0 Å². The van der Waals surface area contributed by atoms with E-state index in [9.17, 15) is 0 Å². The van der Waals surface area contributed by atoms with Gasteiger partial charge in [-0.2, -0.15) is 0 Å². The Kier molecular flexibility index (Phi) is 6.15. The highest BCUT2D eigenvalue weighted by Crippen LogP contribution is 2.39. The lowest BCUT2D eigenvalue weighted by atomic mass is 9.92. The zero-order valence-corrected chi connectivity index (χ0v) is 26.3. The lowest BCUT2D eigenvalue weighted by Gasteiger charge is -2.13. The zero-order chi connectivity index (χ0) is 32.3. The molecular weight excluding hydrogens is 599 g/mol. The second-order valence-corrected chi connectivity index (χ2v) is 12.4. The Morgan fingerprint density at radius 3 is 1.84 bits per heavy atom. The Balaban J connectivity index is 1.24. The van der Waals surface area contributed by atoms with Gasteiger partial charge in [-0.3, -0.25) is 0 Å². The Morgan fingerprint density at radius 1 is 0.327 bits per heavy atom. The molecule has 228 valence electrons. The molecule has 8 aromatic carbocycles. The van der Waals surface area contributed by atoms with E-state index in [1.165, 1.54) is 27.3 Å². The van der Waals surface area contributed by atoms with E-state index in [1.54, 1.807) is 0 Å². The van der Waals surface area contributed by atoms with Crippen molar-refractivity contribution < 1.29 is 4.42 Å². The number of nitrogens with zero attached hydrogens (tertiary/aromatic N) is 3. The molecule has 49 heavy (non-hydrogen) atoms.